The Morgan fingerprint density at radius 2 is 1.24 bits per heavy atom. The van der Waals surface area contributed by atoms with Gasteiger partial charge in [-0.3, -0.25) is 0 Å². The topological polar surface area (TPSA) is 0 Å². The fraction of sp³-hybridized carbons (Fsp3) is 0. The van der Waals surface area contributed by atoms with Crippen LogP contribution in [0.5, 0.6) is 0 Å². The predicted octanol–water partition coefficient (Wildman–Crippen LogP) is 4.48. The highest BCUT2D eigenvalue weighted by Gasteiger charge is 2.11. The summed E-state index contributed by atoms with van der Waals surface area (Å²) in [5.74, 6) is -0.444. The number of halogens is 3. The van der Waals surface area contributed by atoms with Gasteiger partial charge in [-0.25, -0.2) is 4.39 Å². The zero-order valence-electron chi connectivity index (χ0n) is 8.83. The maximum absolute atomic E-state index is 13.0. The van der Waals surface area contributed by atoms with E-state index in [0.717, 1.165) is 0 Å². The number of hydrogen-bond donors (Lipinski definition) is 0. The quantitative estimate of drug-likeness (QED) is 0.718. The number of hydrogen-bond acceptors (Lipinski definition) is 0. The highest BCUT2D eigenvalue weighted by Crippen LogP contribution is 2.28. The van der Waals surface area contributed by atoms with Crippen LogP contribution in [-0.2, 0) is 0 Å². The van der Waals surface area contributed by atoms with Crippen LogP contribution in [-0.4, -0.2) is 0 Å². The van der Waals surface area contributed by atoms with Gasteiger partial charge in [0.15, 0.2) is 0 Å². The normalized spacial score (nSPS) is 10.1. The molecule has 2 aromatic rings. The first-order valence-corrected chi connectivity index (χ1v) is 5.05. The van der Waals surface area contributed by atoms with Crippen LogP contribution in [0.4, 0.5) is 13.2 Å². The zero-order valence-corrected chi connectivity index (χ0v) is 8.83. The second kappa shape index (κ2) is 4.87. The van der Waals surface area contributed by atoms with E-state index in [9.17, 15) is 13.2 Å². The summed E-state index contributed by atoms with van der Waals surface area (Å²) in [6.07, 6.45) is -1.78. The average Bonchev–Trinajstić information content (AvgIpc) is 2.33. The maximum atomic E-state index is 13.0. The molecule has 0 aliphatic rings. The van der Waals surface area contributed by atoms with Gasteiger partial charge in [0, 0.05) is 0 Å². The molecule has 0 saturated carbocycles. The summed E-state index contributed by atoms with van der Waals surface area (Å²) in [7, 11) is 0. The van der Waals surface area contributed by atoms with Crippen LogP contribution in [0, 0.1) is 5.82 Å². The highest BCUT2D eigenvalue weighted by molar-refractivity contribution is 5.80. The molecular formula is C14H9F3. The molecule has 0 heterocycles. The van der Waals surface area contributed by atoms with E-state index in [2.05, 4.69) is 0 Å². The first kappa shape index (κ1) is 11.5. The first-order valence-electron chi connectivity index (χ1n) is 5.05. The third-order valence-corrected chi connectivity index (χ3v) is 2.38. The van der Waals surface area contributed by atoms with Gasteiger partial charge in [-0.05, 0) is 23.3 Å². The molecule has 0 atom stereocenters. The van der Waals surface area contributed by atoms with Gasteiger partial charge in [0.05, 0.1) is 5.57 Å². The second-order valence-corrected chi connectivity index (χ2v) is 3.51. The van der Waals surface area contributed by atoms with E-state index in [1.807, 2.05) is 0 Å². The summed E-state index contributed by atoms with van der Waals surface area (Å²) >= 11 is 0. The molecule has 0 spiro atoms. The van der Waals surface area contributed by atoms with Gasteiger partial charge in [-0.1, -0.05) is 42.5 Å². The summed E-state index contributed by atoms with van der Waals surface area (Å²) in [5.41, 5.74) is 0.558. The van der Waals surface area contributed by atoms with Crippen molar-refractivity contribution >= 4 is 5.57 Å². The van der Waals surface area contributed by atoms with Gasteiger partial charge in [0.25, 0.3) is 6.08 Å². The summed E-state index contributed by atoms with van der Waals surface area (Å²) in [5, 5.41) is 0. The summed E-state index contributed by atoms with van der Waals surface area (Å²) < 4.78 is 38.7. The first-order chi connectivity index (χ1) is 8.18. The fourth-order valence-electron chi connectivity index (χ4n) is 1.61. The summed E-state index contributed by atoms with van der Waals surface area (Å²) in [6.45, 7) is 0. The molecule has 17 heavy (non-hydrogen) atoms. The van der Waals surface area contributed by atoms with Gasteiger partial charge in [0.2, 0.25) is 0 Å². The van der Waals surface area contributed by atoms with E-state index in [-0.39, 0.29) is 5.57 Å². The molecule has 0 amide bonds. The number of rotatable bonds is 2. The molecule has 86 valence electrons. The van der Waals surface area contributed by atoms with Crippen LogP contribution in [0.3, 0.4) is 0 Å². The Labute approximate surface area is 97.0 Å². The molecule has 0 fully saturated rings. The molecule has 3 heteroatoms. The predicted molar refractivity (Wildman–Crippen MR) is 61.1 cm³/mol. The molecule has 0 aliphatic heterocycles. The van der Waals surface area contributed by atoms with Crippen molar-refractivity contribution < 1.29 is 13.2 Å². The second-order valence-electron chi connectivity index (χ2n) is 3.51. The van der Waals surface area contributed by atoms with Crippen molar-refractivity contribution in [2.24, 2.45) is 0 Å². The molecule has 0 N–H and O–H groups in total. The Morgan fingerprint density at radius 1 is 0.706 bits per heavy atom. The van der Waals surface area contributed by atoms with Crippen LogP contribution < -0.4 is 0 Å². The van der Waals surface area contributed by atoms with Crippen molar-refractivity contribution in [3.8, 4) is 0 Å². The molecule has 0 radical (unpaired) electrons. The SMILES string of the molecule is FC(F)=C(c1ccccc1)c1ccc(F)cc1. The molecule has 0 aromatic heterocycles. The van der Waals surface area contributed by atoms with Gasteiger partial charge >= 0.3 is 0 Å². The van der Waals surface area contributed by atoms with Crippen LogP contribution in [0.25, 0.3) is 5.57 Å². The van der Waals surface area contributed by atoms with Crippen molar-refractivity contribution in [3.05, 3.63) is 77.6 Å². The lowest BCUT2D eigenvalue weighted by Crippen LogP contribution is -1.89. The fourth-order valence-corrected chi connectivity index (χ4v) is 1.61. The van der Waals surface area contributed by atoms with Crippen molar-refractivity contribution in [1.82, 2.24) is 0 Å². The largest absolute Gasteiger partial charge is 0.278 e. The lowest BCUT2D eigenvalue weighted by Gasteiger charge is -2.06. The van der Waals surface area contributed by atoms with E-state index >= 15 is 0 Å². The van der Waals surface area contributed by atoms with Gasteiger partial charge in [-0.15, -0.1) is 0 Å². The lowest BCUT2D eigenvalue weighted by atomic mass is 9.99. The van der Waals surface area contributed by atoms with Gasteiger partial charge in [-0.2, -0.15) is 8.78 Å². The van der Waals surface area contributed by atoms with Crippen molar-refractivity contribution in [2.45, 2.75) is 0 Å². The molecule has 0 nitrogen and oxygen atoms in total. The van der Waals surface area contributed by atoms with Crippen molar-refractivity contribution in [3.63, 3.8) is 0 Å². The number of benzene rings is 2. The van der Waals surface area contributed by atoms with E-state index in [1.54, 1.807) is 30.3 Å². The Balaban J connectivity index is 2.52. The molecule has 2 aromatic carbocycles. The van der Waals surface area contributed by atoms with Crippen LogP contribution in [0.1, 0.15) is 11.1 Å². The minimum Gasteiger partial charge on any atom is -0.207 e. The summed E-state index contributed by atoms with van der Waals surface area (Å²) in [6, 6.07) is 13.3. The van der Waals surface area contributed by atoms with Crippen LogP contribution in [0.15, 0.2) is 60.7 Å². The Morgan fingerprint density at radius 3 is 1.76 bits per heavy atom. The van der Waals surface area contributed by atoms with E-state index in [1.165, 1.54) is 24.3 Å². The third-order valence-electron chi connectivity index (χ3n) is 2.38. The van der Waals surface area contributed by atoms with Crippen LogP contribution >= 0.6 is 0 Å². The van der Waals surface area contributed by atoms with E-state index in [4.69, 9.17) is 0 Å². The Bertz CT molecular complexity index is 523. The average molecular weight is 234 g/mol. The van der Waals surface area contributed by atoms with E-state index in [0.29, 0.717) is 11.1 Å². The van der Waals surface area contributed by atoms with Gasteiger partial charge in [0.1, 0.15) is 5.82 Å². The minimum atomic E-state index is -1.78. The zero-order chi connectivity index (χ0) is 12.3. The lowest BCUT2D eigenvalue weighted by molar-refractivity contribution is 0.426. The van der Waals surface area contributed by atoms with Crippen molar-refractivity contribution in [2.75, 3.05) is 0 Å². The monoisotopic (exact) mass is 234 g/mol. The Kier molecular flexibility index (Phi) is 3.28. The molecule has 0 saturated heterocycles. The molecular weight excluding hydrogens is 225 g/mol. The minimum absolute atomic E-state index is 0.161. The molecule has 0 bridgehead atoms. The van der Waals surface area contributed by atoms with E-state index < -0.39 is 11.9 Å². The smallest absolute Gasteiger partial charge is 0.207 e. The maximum Gasteiger partial charge on any atom is 0.278 e. The molecule has 0 unspecified atom stereocenters. The summed E-state index contributed by atoms with van der Waals surface area (Å²) in [4.78, 5) is 0. The standard InChI is InChI=1S/C14H9F3/c15-12-8-6-11(7-9-12)13(14(16)17)10-4-2-1-3-5-10/h1-9H. The third kappa shape index (κ3) is 2.56. The molecule has 0 aliphatic carbocycles. The van der Waals surface area contributed by atoms with Gasteiger partial charge < -0.3 is 0 Å². The van der Waals surface area contributed by atoms with Crippen LogP contribution in [0.2, 0.25) is 0 Å². The highest BCUT2D eigenvalue weighted by atomic mass is 19.3. The van der Waals surface area contributed by atoms with Crippen molar-refractivity contribution in [1.29, 1.82) is 0 Å². The Hall–Kier alpha value is -2.03. The molecule has 2 rings (SSSR count).